The topological polar surface area (TPSA) is 127 Å². The highest BCUT2D eigenvalue weighted by Crippen LogP contribution is 2.25. The van der Waals surface area contributed by atoms with E-state index >= 15 is 0 Å². The second-order valence-corrected chi connectivity index (χ2v) is 6.85. The molecule has 10 nitrogen and oxygen atoms in total. The molecule has 0 N–H and O–H groups in total. The Balaban J connectivity index is 1.54. The number of carbonyl (C=O) groups is 6. The first-order valence-electron chi connectivity index (χ1n) is 7.78. The lowest BCUT2D eigenvalue weighted by Gasteiger charge is -2.12. The van der Waals surface area contributed by atoms with Crippen LogP contribution in [-0.2, 0) is 37.1 Å². The number of likely N-dealkylation sites (tertiary alicyclic amines) is 2. The Labute approximate surface area is 156 Å². The van der Waals surface area contributed by atoms with Crippen LogP contribution in [-0.4, -0.2) is 58.5 Å². The zero-order valence-electron chi connectivity index (χ0n) is 13.6. The van der Waals surface area contributed by atoms with Crippen LogP contribution < -0.4 is 0 Å². The first-order chi connectivity index (χ1) is 12.4. The van der Waals surface area contributed by atoms with E-state index in [4.69, 9.17) is 8.37 Å². The predicted molar refractivity (Wildman–Crippen MR) is 88.5 cm³/mol. The van der Waals surface area contributed by atoms with Crippen molar-refractivity contribution in [3.63, 3.8) is 0 Å². The minimum Gasteiger partial charge on any atom is -0.376 e. The van der Waals surface area contributed by atoms with E-state index in [2.05, 4.69) is 0 Å². The molecule has 2 heterocycles. The third kappa shape index (κ3) is 5.73. The predicted octanol–water partition coefficient (Wildman–Crippen LogP) is 0.362. The largest absolute Gasteiger partial charge is 0.376 e. The first kappa shape index (κ1) is 20.2. The molecule has 0 radical (unpaired) electrons. The van der Waals surface area contributed by atoms with Crippen molar-refractivity contribution in [2.45, 2.75) is 38.5 Å². The van der Waals surface area contributed by atoms with Crippen molar-refractivity contribution in [3.05, 3.63) is 0 Å². The number of hydrogen-bond acceptors (Lipinski definition) is 10. The summed E-state index contributed by atoms with van der Waals surface area (Å²) in [6.07, 6.45) is 0.314. The summed E-state index contributed by atoms with van der Waals surface area (Å²) in [4.78, 5) is 70.5. The van der Waals surface area contributed by atoms with E-state index in [1.165, 1.54) is 0 Å². The average molecular weight is 404 g/mol. The molecule has 12 heteroatoms. The first-order valence-corrected chi connectivity index (χ1v) is 9.78. The summed E-state index contributed by atoms with van der Waals surface area (Å²) in [5, 5.41) is 0. The van der Waals surface area contributed by atoms with E-state index in [0.717, 1.165) is 9.80 Å². The molecule has 2 rings (SSSR count). The molecule has 142 valence electrons. The number of amides is 4. The Morgan fingerprint density at radius 2 is 1.00 bits per heavy atom. The van der Waals surface area contributed by atoms with E-state index in [-0.39, 0.29) is 75.2 Å². The minimum atomic E-state index is -0.667. The Morgan fingerprint density at radius 3 is 1.31 bits per heavy atom. The Morgan fingerprint density at radius 1 is 0.692 bits per heavy atom. The summed E-state index contributed by atoms with van der Waals surface area (Å²) in [5.41, 5.74) is 0. The Kier molecular flexibility index (Phi) is 7.45. The van der Waals surface area contributed by atoms with Crippen molar-refractivity contribution in [3.8, 4) is 0 Å². The molecular weight excluding hydrogens is 388 g/mol. The summed E-state index contributed by atoms with van der Waals surface area (Å²) < 4.78 is 9.46. The SMILES string of the molecule is O=C(CCN1C(=O)CCC1=O)OSSOC(=O)CCN1C(=O)CCC1=O. The summed E-state index contributed by atoms with van der Waals surface area (Å²) in [7, 11) is 0. The zero-order valence-corrected chi connectivity index (χ0v) is 15.3. The number of rotatable bonds is 9. The maximum atomic E-state index is 11.5. The van der Waals surface area contributed by atoms with Crippen LogP contribution in [0, 0.1) is 0 Å². The Bertz CT molecular complexity index is 552. The minimum absolute atomic E-state index is 0.0423. The number of carbonyl (C=O) groups excluding carboxylic acids is 6. The third-order valence-corrected chi connectivity index (χ3v) is 4.81. The van der Waals surface area contributed by atoms with Gasteiger partial charge in [0.2, 0.25) is 23.6 Å². The van der Waals surface area contributed by atoms with Gasteiger partial charge in [-0.05, 0) is 0 Å². The molecule has 0 unspecified atom stereocenters. The fraction of sp³-hybridized carbons (Fsp3) is 0.571. The van der Waals surface area contributed by atoms with Crippen molar-refractivity contribution in [2.24, 2.45) is 0 Å². The molecular formula is C14H16N2O8S2. The smallest absolute Gasteiger partial charge is 0.320 e. The maximum absolute atomic E-state index is 11.5. The molecule has 4 amide bonds. The highest BCUT2D eigenvalue weighted by Gasteiger charge is 2.30. The highest BCUT2D eigenvalue weighted by atomic mass is 33.1. The van der Waals surface area contributed by atoms with Gasteiger partial charge in [-0.2, -0.15) is 0 Å². The van der Waals surface area contributed by atoms with Crippen molar-refractivity contribution in [1.29, 1.82) is 0 Å². The quantitative estimate of drug-likeness (QED) is 0.230. The van der Waals surface area contributed by atoms with Gasteiger partial charge in [0.15, 0.2) is 22.1 Å². The molecule has 26 heavy (non-hydrogen) atoms. The molecule has 0 bridgehead atoms. The van der Waals surface area contributed by atoms with E-state index in [1.54, 1.807) is 0 Å². The van der Waals surface area contributed by atoms with Crippen LogP contribution in [0.1, 0.15) is 38.5 Å². The number of nitrogens with zero attached hydrogens (tertiary/aromatic N) is 2. The fourth-order valence-electron chi connectivity index (χ4n) is 2.34. The van der Waals surface area contributed by atoms with Crippen molar-refractivity contribution in [2.75, 3.05) is 13.1 Å². The molecule has 0 aromatic rings. The van der Waals surface area contributed by atoms with Crippen LogP contribution in [0.4, 0.5) is 0 Å². The molecule has 0 spiro atoms. The monoisotopic (exact) mass is 404 g/mol. The van der Waals surface area contributed by atoms with Crippen LogP contribution in [0.5, 0.6) is 0 Å². The molecule has 0 saturated carbocycles. The maximum Gasteiger partial charge on any atom is 0.320 e. The van der Waals surface area contributed by atoms with Crippen molar-refractivity contribution in [1.82, 2.24) is 9.80 Å². The van der Waals surface area contributed by atoms with Gasteiger partial charge < -0.3 is 8.37 Å². The van der Waals surface area contributed by atoms with Crippen LogP contribution in [0.25, 0.3) is 0 Å². The van der Waals surface area contributed by atoms with Gasteiger partial charge in [0.25, 0.3) is 0 Å². The third-order valence-electron chi connectivity index (χ3n) is 3.67. The molecule has 0 aliphatic carbocycles. The highest BCUT2D eigenvalue weighted by molar-refractivity contribution is 8.73. The van der Waals surface area contributed by atoms with Gasteiger partial charge >= 0.3 is 11.9 Å². The molecule has 0 aromatic heterocycles. The number of imide groups is 2. The van der Waals surface area contributed by atoms with E-state index in [1.807, 2.05) is 0 Å². The summed E-state index contributed by atoms with van der Waals surface area (Å²) in [6.45, 7) is -0.0845. The van der Waals surface area contributed by atoms with Crippen LogP contribution >= 0.6 is 22.1 Å². The second kappa shape index (κ2) is 9.57. The molecule has 2 aliphatic heterocycles. The molecule has 2 fully saturated rings. The summed E-state index contributed by atoms with van der Waals surface area (Å²) in [5.74, 6) is -2.58. The Hall–Kier alpha value is -2.08. The van der Waals surface area contributed by atoms with Gasteiger partial charge in [0, 0.05) is 38.8 Å². The van der Waals surface area contributed by atoms with Gasteiger partial charge in [-0.15, -0.1) is 0 Å². The van der Waals surface area contributed by atoms with Crippen LogP contribution in [0.2, 0.25) is 0 Å². The lowest BCUT2D eigenvalue weighted by Crippen LogP contribution is -2.31. The zero-order chi connectivity index (χ0) is 19.1. The van der Waals surface area contributed by atoms with Gasteiger partial charge in [-0.25, -0.2) is 0 Å². The van der Waals surface area contributed by atoms with Crippen LogP contribution in [0.15, 0.2) is 0 Å². The second-order valence-electron chi connectivity index (χ2n) is 5.42. The van der Waals surface area contributed by atoms with Gasteiger partial charge in [0.05, 0.1) is 12.8 Å². The fourth-order valence-corrected chi connectivity index (χ4v) is 3.33. The van der Waals surface area contributed by atoms with E-state index in [9.17, 15) is 28.8 Å². The standard InChI is InChI=1S/C14H16N2O8S2/c17-9-1-2-10(18)15(9)7-5-13(21)23-25-26-24-14(22)6-8-16-11(19)3-4-12(16)20/h1-8H2. The lowest BCUT2D eigenvalue weighted by molar-refractivity contribution is -0.142. The summed E-state index contributed by atoms with van der Waals surface area (Å²) in [6, 6.07) is 0. The van der Waals surface area contributed by atoms with Crippen molar-refractivity contribution >= 4 is 57.7 Å². The van der Waals surface area contributed by atoms with Gasteiger partial charge in [-0.1, -0.05) is 0 Å². The number of hydrogen-bond donors (Lipinski definition) is 0. The van der Waals surface area contributed by atoms with Gasteiger partial charge in [-0.3, -0.25) is 38.6 Å². The normalized spacial score (nSPS) is 17.2. The molecule has 0 atom stereocenters. The van der Waals surface area contributed by atoms with Crippen molar-refractivity contribution < 1.29 is 37.1 Å². The van der Waals surface area contributed by atoms with Gasteiger partial charge in [0.1, 0.15) is 0 Å². The van der Waals surface area contributed by atoms with Crippen LogP contribution in [0.3, 0.4) is 0 Å². The molecule has 2 aliphatic rings. The molecule has 2 saturated heterocycles. The molecule has 0 aromatic carbocycles. The summed E-state index contributed by atoms with van der Waals surface area (Å²) >= 11 is 1.04. The lowest BCUT2D eigenvalue weighted by atomic mass is 10.4. The van der Waals surface area contributed by atoms with E-state index in [0.29, 0.717) is 22.1 Å². The average Bonchev–Trinajstić information content (AvgIpc) is 3.09. The van der Waals surface area contributed by atoms with E-state index < -0.39 is 11.9 Å².